The molecule has 3 aromatic rings. The smallest absolute Gasteiger partial charge is 0.239 e. The number of nitriles is 1. The van der Waals surface area contributed by atoms with E-state index in [0.717, 1.165) is 30.3 Å². The molecule has 0 aliphatic heterocycles. The molecular weight excluding hydrogens is 452 g/mol. The number of carbonyl (C=O) groups is 2. The van der Waals surface area contributed by atoms with Crippen LogP contribution in [-0.2, 0) is 32.4 Å². The van der Waals surface area contributed by atoms with Crippen molar-refractivity contribution in [3.63, 3.8) is 0 Å². The lowest BCUT2D eigenvalue weighted by Crippen LogP contribution is -2.30. The molecule has 0 unspecified atom stereocenters. The molecule has 2 amide bonds. The summed E-state index contributed by atoms with van der Waals surface area (Å²) in [5, 5.41) is 15.0. The topological polar surface area (TPSA) is 121 Å². The molecule has 0 bridgehead atoms. The molecule has 1 aliphatic rings. The van der Waals surface area contributed by atoms with E-state index in [1.54, 1.807) is 6.07 Å². The highest BCUT2D eigenvalue weighted by molar-refractivity contribution is 7.92. The fraction of sp³-hybridized carbons (Fsp3) is 0.240. The summed E-state index contributed by atoms with van der Waals surface area (Å²) in [7, 11) is -3.98. The van der Waals surface area contributed by atoms with E-state index in [0.29, 0.717) is 16.9 Å². The molecule has 8 nitrogen and oxygen atoms in total. The van der Waals surface area contributed by atoms with Gasteiger partial charge in [-0.1, -0.05) is 6.08 Å². The number of anilines is 2. The molecule has 1 heterocycles. The number of fused-ring (bicyclic) bond motifs is 3. The van der Waals surface area contributed by atoms with E-state index in [9.17, 15) is 18.0 Å². The third kappa shape index (κ3) is 5.02. The number of nitrogens with one attached hydrogen (secondary N) is 2. The quantitative estimate of drug-likeness (QED) is 0.541. The predicted octanol–water partition coefficient (Wildman–Crippen LogP) is 3.48. The van der Waals surface area contributed by atoms with Crippen molar-refractivity contribution in [3.8, 4) is 6.07 Å². The minimum atomic E-state index is -3.98. The van der Waals surface area contributed by atoms with Crippen molar-refractivity contribution < 1.29 is 18.0 Å². The third-order valence-electron chi connectivity index (χ3n) is 5.65. The predicted molar refractivity (Wildman–Crippen MR) is 132 cm³/mol. The van der Waals surface area contributed by atoms with Crippen LogP contribution in [0, 0.1) is 11.3 Å². The summed E-state index contributed by atoms with van der Waals surface area (Å²) < 4.78 is 27.0. The monoisotopic (exact) mass is 476 g/mol. The average molecular weight is 477 g/mol. The van der Waals surface area contributed by atoms with Gasteiger partial charge in [0.2, 0.25) is 11.8 Å². The second kappa shape index (κ2) is 9.53. The molecular formula is C25H24N4O4S. The fourth-order valence-electron chi connectivity index (χ4n) is 4.21. The van der Waals surface area contributed by atoms with Gasteiger partial charge in [0.25, 0.3) is 0 Å². The van der Waals surface area contributed by atoms with Gasteiger partial charge in [0, 0.05) is 34.5 Å². The zero-order chi connectivity index (χ0) is 24.3. The summed E-state index contributed by atoms with van der Waals surface area (Å²) in [5.41, 5.74) is 4.77. The number of amides is 2. The normalized spacial score (nSPS) is 12.7. The maximum atomic E-state index is 12.5. The van der Waals surface area contributed by atoms with E-state index < -0.39 is 33.2 Å². The Bertz CT molecular complexity index is 1440. The number of aromatic nitrogens is 1. The van der Waals surface area contributed by atoms with Gasteiger partial charge >= 0.3 is 0 Å². The molecule has 9 heteroatoms. The highest BCUT2D eigenvalue weighted by atomic mass is 32.2. The summed E-state index contributed by atoms with van der Waals surface area (Å²) in [6.45, 7) is 2.91. The van der Waals surface area contributed by atoms with E-state index in [2.05, 4.69) is 34.3 Å². The van der Waals surface area contributed by atoms with Crippen LogP contribution in [0.4, 0.5) is 11.4 Å². The van der Waals surface area contributed by atoms with Crippen LogP contribution in [0.15, 0.2) is 48.5 Å². The Morgan fingerprint density at radius 3 is 2.32 bits per heavy atom. The van der Waals surface area contributed by atoms with Crippen molar-refractivity contribution in [2.24, 2.45) is 0 Å². The summed E-state index contributed by atoms with van der Waals surface area (Å²) >= 11 is 0. The third-order valence-corrected chi connectivity index (χ3v) is 7.05. The summed E-state index contributed by atoms with van der Waals surface area (Å²) in [4.78, 5) is 24.6. The molecule has 34 heavy (non-hydrogen) atoms. The summed E-state index contributed by atoms with van der Waals surface area (Å²) in [5.74, 6) is -3.07. The Morgan fingerprint density at radius 2 is 1.68 bits per heavy atom. The Morgan fingerprint density at radius 1 is 1.03 bits per heavy atom. The largest absolute Gasteiger partial charge is 0.341 e. The van der Waals surface area contributed by atoms with Crippen molar-refractivity contribution >= 4 is 50.0 Å². The van der Waals surface area contributed by atoms with Gasteiger partial charge in [0.1, 0.15) is 11.5 Å². The second-order valence-electron chi connectivity index (χ2n) is 8.10. The number of hydrogen-bond acceptors (Lipinski definition) is 5. The summed E-state index contributed by atoms with van der Waals surface area (Å²) in [6, 6.07) is 13.6. The fourth-order valence-corrected chi connectivity index (χ4v) is 5.26. The van der Waals surface area contributed by atoms with Crippen molar-refractivity contribution in [3.05, 3.63) is 65.4 Å². The number of rotatable bonds is 7. The first-order valence-corrected chi connectivity index (χ1v) is 12.7. The van der Waals surface area contributed by atoms with Crippen LogP contribution in [0.5, 0.6) is 0 Å². The van der Waals surface area contributed by atoms with Gasteiger partial charge < -0.3 is 15.2 Å². The maximum Gasteiger partial charge on any atom is 0.239 e. The molecule has 0 radical (unpaired) electrons. The van der Waals surface area contributed by atoms with E-state index in [4.69, 9.17) is 5.26 Å². The second-order valence-corrected chi connectivity index (χ2v) is 10.2. The van der Waals surface area contributed by atoms with Crippen LogP contribution in [0.25, 0.3) is 17.0 Å². The number of sulfone groups is 1. The van der Waals surface area contributed by atoms with Gasteiger partial charge in [0.15, 0.2) is 9.84 Å². The van der Waals surface area contributed by atoms with Crippen LogP contribution in [0.2, 0.25) is 0 Å². The first-order valence-electron chi connectivity index (χ1n) is 10.9. The number of carbonyl (C=O) groups excluding carboxylic acids is 2. The van der Waals surface area contributed by atoms with Crippen LogP contribution >= 0.6 is 0 Å². The molecule has 0 saturated heterocycles. The molecule has 4 rings (SSSR count). The Kier molecular flexibility index (Phi) is 6.52. The first kappa shape index (κ1) is 23.3. The van der Waals surface area contributed by atoms with Gasteiger partial charge in [-0.05, 0) is 73.9 Å². The molecule has 174 valence electrons. The lowest BCUT2D eigenvalue weighted by atomic mass is 10.0. The van der Waals surface area contributed by atoms with Crippen molar-refractivity contribution in [1.29, 1.82) is 5.26 Å². The molecule has 0 fully saturated rings. The van der Waals surface area contributed by atoms with Gasteiger partial charge in [-0.3, -0.25) is 9.59 Å². The Hall–Kier alpha value is -3.90. The van der Waals surface area contributed by atoms with E-state index in [-0.39, 0.29) is 0 Å². The first-order chi connectivity index (χ1) is 16.3. The molecule has 2 N–H and O–H groups in total. The number of allylic oxidation sites excluding steroid dienone is 1. The van der Waals surface area contributed by atoms with Crippen LogP contribution in [0.3, 0.4) is 0 Å². The minimum Gasteiger partial charge on any atom is -0.341 e. The van der Waals surface area contributed by atoms with Crippen LogP contribution in [-0.4, -0.2) is 36.3 Å². The highest BCUT2D eigenvalue weighted by Gasteiger charge is 2.22. The maximum absolute atomic E-state index is 12.5. The Balaban J connectivity index is 1.41. The lowest BCUT2D eigenvalue weighted by Gasteiger charge is -2.09. The van der Waals surface area contributed by atoms with Crippen LogP contribution in [0.1, 0.15) is 30.2 Å². The van der Waals surface area contributed by atoms with Crippen LogP contribution < -0.4 is 10.6 Å². The molecule has 0 spiro atoms. The minimum absolute atomic E-state index is 0.370. The lowest BCUT2D eigenvalue weighted by molar-refractivity contribution is -0.114. The Labute approximate surface area is 197 Å². The van der Waals surface area contributed by atoms with Gasteiger partial charge in [-0.15, -0.1) is 0 Å². The van der Waals surface area contributed by atoms with Gasteiger partial charge in [-0.25, -0.2) is 8.42 Å². The molecule has 1 aliphatic carbocycles. The number of benzene rings is 2. The summed E-state index contributed by atoms with van der Waals surface area (Å²) in [6.07, 6.45) is 6.14. The molecule has 0 atom stereocenters. The number of nitrogens with zero attached hydrogens (tertiary/aromatic N) is 2. The number of aryl methyl sites for hydroxylation is 2. The molecule has 2 aromatic carbocycles. The SMILES string of the molecule is CCn1c2c(c3cc(NC(=O)CS(=O)(=O)CC(=O)Nc4ccc(C#N)cc4)ccc31)CCC=C2. The standard InChI is InChI=1S/C25H24N4O4S/c1-2-29-22-6-4-3-5-20(22)21-13-19(11-12-23(21)29)28-25(31)16-34(32,33)15-24(30)27-18-9-7-17(14-26)8-10-18/h4,6-13H,2-3,5,15-16H2,1H3,(H,27,30)(H,28,31). The highest BCUT2D eigenvalue weighted by Crippen LogP contribution is 2.33. The zero-order valence-electron chi connectivity index (χ0n) is 18.7. The molecule has 0 saturated carbocycles. The van der Waals surface area contributed by atoms with E-state index in [1.807, 2.05) is 18.2 Å². The van der Waals surface area contributed by atoms with E-state index in [1.165, 1.54) is 35.5 Å². The van der Waals surface area contributed by atoms with Crippen molar-refractivity contribution in [1.82, 2.24) is 4.57 Å². The zero-order valence-corrected chi connectivity index (χ0v) is 19.5. The van der Waals surface area contributed by atoms with Crippen molar-refractivity contribution in [2.75, 3.05) is 22.1 Å². The number of hydrogen-bond donors (Lipinski definition) is 2. The average Bonchev–Trinajstić information content (AvgIpc) is 3.11. The van der Waals surface area contributed by atoms with Gasteiger partial charge in [-0.2, -0.15) is 5.26 Å². The van der Waals surface area contributed by atoms with Gasteiger partial charge in [0.05, 0.1) is 11.6 Å². The molecule has 1 aromatic heterocycles. The van der Waals surface area contributed by atoms with Crippen molar-refractivity contribution in [2.45, 2.75) is 26.3 Å². The van der Waals surface area contributed by atoms with E-state index >= 15 is 0 Å².